The van der Waals surface area contributed by atoms with E-state index in [4.69, 9.17) is 10.2 Å². The molecule has 2 rings (SSSR count). The molecule has 1 fully saturated rings. The van der Waals surface area contributed by atoms with Crippen molar-refractivity contribution in [3.8, 4) is 0 Å². The molecule has 0 aliphatic carbocycles. The molecule has 132 valence electrons. The second-order valence-corrected chi connectivity index (χ2v) is 6.23. The number of carbonyl (C=O) groups excluding carboxylic acids is 1. The molecule has 0 unspecified atom stereocenters. The summed E-state index contributed by atoms with van der Waals surface area (Å²) in [5, 5.41) is 21.0. The largest absolute Gasteiger partial charge is 0.478 e. The zero-order valence-corrected chi connectivity index (χ0v) is 14.1. The summed E-state index contributed by atoms with van der Waals surface area (Å²) in [6.45, 7) is 6.31. The van der Waals surface area contributed by atoms with Crippen molar-refractivity contribution in [1.29, 1.82) is 0 Å². The van der Waals surface area contributed by atoms with Crippen molar-refractivity contribution < 1.29 is 19.8 Å². The fourth-order valence-electron chi connectivity index (χ4n) is 3.18. The molecule has 1 aliphatic heterocycles. The Balaban J connectivity index is 1.91. The number of hydrogen-bond acceptors (Lipinski definition) is 4. The third-order valence-electron chi connectivity index (χ3n) is 4.36. The highest BCUT2D eigenvalue weighted by Crippen LogP contribution is 2.15. The van der Waals surface area contributed by atoms with Gasteiger partial charge in [-0.3, -0.25) is 4.90 Å². The molecule has 0 aromatic heterocycles. The van der Waals surface area contributed by atoms with E-state index < -0.39 is 5.97 Å². The average Bonchev–Trinajstić information content (AvgIpc) is 2.56. The Morgan fingerprint density at radius 3 is 2.50 bits per heavy atom. The first kappa shape index (κ1) is 18.2. The standard InChI is InChI=1S/C17H25N3O4/c1-12-10-19(11-13(2)20(12)6-7-21)17(24)18-9-14-4-3-5-15(8-14)16(22)23/h3-5,8,12-13,21H,6-7,9-11H2,1-2H3,(H,18,24)(H,22,23)/t12-,13+. The molecule has 7 heteroatoms. The van der Waals surface area contributed by atoms with Crippen LogP contribution in [0.2, 0.25) is 0 Å². The van der Waals surface area contributed by atoms with E-state index in [2.05, 4.69) is 10.2 Å². The van der Waals surface area contributed by atoms with Gasteiger partial charge in [-0.15, -0.1) is 0 Å². The molecule has 2 amide bonds. The number of nitrogens with zero attached hydrogens (tertiary/aromatic N) is 2. The highest BCUT2D eigenvalue weighted by atomic mass is 16.4. The molecular formula is C17H25N3O4. The molecule has 7 nitrogen and oxygen atoms in total. The van der Waals surface area contributed by atoms with Crippen LogP contribution >= 0.6 is 0 Å². The number of carboxylic acid groups (broad SMARTS) is 1. The SMILES string of the molecule is C[C@@H]1CN(C(=O)NCc2cccc(C(=O)O)c2)C[C@H](C)N1CCO. The van der Waals surface area contributed by atoms with Crippen molar-refractivity contribution in [3.05, 3.63) is 35.4 Å². The normalized spacial score (nSPS) is 21.5. The Hall–Kier alpha value is -2.12. The fourth-order valence-corrected chi connectivity index (χ4v) is 3.18. The molecule has 0 radical (unpaired) electrons. The summed E-state index contributed by atoms with van der Waals surface area (Å²) in [5.41, 5.74) is 0.963. The topological polar surface area (TPSA) is 93.1 Å². The molecule has 1 aromatic carbocycles. The van der Waals surface area contributed by atoms with Crippen LogP contribution in [0.1, 0.15) is 29.8 Å². The van der Waals surface area contributed by atoms with Gasteiger partial charge in [-0.25, -0.2) is 9.59 Å². The van der Waals surface area contributed by atoms with Gasteiger partial charge in [0.1, 0.15) is 0 Å². The van der Waals surface area contributed by atoms with Gasteiger partial charge in [0, 0.05) is 38.3 Å². The summed E-state index contributed by atoms with van der Waals surface area (Å²) in [4.78, 5) is 27.3. The molecule has 2 atom stereocenters. The number of urea groups is 1. The van der Waals surface area contributed by atoms with E-state index in [9.17, 15) is 9.59 Å². The van der Waals surface area contributed by atoms with E-state index in [0.29, 0.717) is 26.2 Å². The first-order valence-electron chi connectivity index (χ1n) is 8.14. The number of nitrogens with one attached hydrogen (secondary N) is 1. The van der Waals surface area contributed by atoms with Gasteiger partial charge in [0.25, 0.3) is 0 Å². The molecule has 1 aromatic rings. The second-order valence-electron chi connectivity index (χ2n) is 6.23. The molecule has 3 N–H and O–H groups in total. The van der Waals surface area contributed by atoms with Crippen LogP contribution in [0, 0.1) is 0 Å². The number of aliphatic hydroxyl groups is 1. The van der Waals surface area contributed by atoms with Gasteiger partial charge in [0.15, 0.2) is 0 Å². The zero-order valence-electron chi connectivity index (χ0n) is 14.1. The van der Waals surface area contributed by atoms with E-state index in [1.165, 1.54) is 6.07 Å². The Kier molecular flexibility index (Phi) is 6.16. The van der Waals surface area contributed by atoms with Crippen LogP contribution in [0.25, 0.3) is 0 Å². The summed E-state index contributed by atoms with van der Waals surface area (Å²) < 4.78 is 0. The predicted molar refractivity (Wildman–Crippen MR) is 89.9 cm³/mol. The van der Waals surface area contributed by atoms with E-state index >= 15 is 0 Å². The number of hydrogen-bond donors (Lipinski definition) is 3. The summed E-state index contributed by atoms with van der Waals surface area (Å²) in [5.74, 6) is -0.981. The van der Waals surface area contributed by atoms with E-state index in [1.807, 2.05) is 13.8 Å². The minimum absolute atomic E-state index is 0.112. The number of aromatic carboxylic acids is 1. The van der Waals surface area contributed by atoms with Crippen LogP contribution in [0.3, 0.4) is 0 Å². The lowest BCUT2D eigenvalue weighted by atomic mass is 10.1. The van der Waals surface area contributed by atoms with Crippen molar-refractivity contribution in [1.82, 2.24) is 15.1 Å². The smallest absolute Gasteiger partial charge is 0.335 e. The maximum atomic E-state index is 12.4. The number of rotatable bonds is 5. The molecule has 0 spiro atoms. The van der Waals surface area contributed by atoms with Crippen LogP contribution in [-0.2, 0) is 6.54 Å². The number of β-amino-alcohol motifs (C(OH)–C–C–N with tert-alkyl or cyclic N) is 1. The van der Waals surface area contributed by atoms with Gasteiger partial charge < -0.3 is 20.4 Å². The van der Waals surface area contributed by atoms with Crippen LogP contribution in [0.5, 0.6) is 0 Å². The summed E-state index contributed by atoms with van der Waals surface area (Å²) >= 11 is 0. The first-order valence-corrected chi connectivity index (χ1v) is 8.14. The van der Waals surface area contributed by atoms with Crippen molar-refractivity contribution in [2.45, 2.75) is 32.5 Å². The van der Waals surface area contributed by atoms with Gasteiger partial charge in [0.05, 0.1) is 12.2 Å². The molecular weight excluding hydrogens is 310 g/mol. The van der Waals surface area contributed by atoms with E-state index in [-0.39, 0.29) is 30.3 Å². The third-order valence-corrected chi connectivity index (χ3v) is 4.36. The molecule has 0 bridgehead atoms. The Morgan fingerprint density at radius 2 is 1.92 bits per heavy atom. The van der Waals surface area contributed by atoms with Gasteiger partial charge in [-0.1, -0.05) is 12.1 Å². The Bertz CT molecular complexity index is 581. The number of carbonyl (C=O) groups is 2. The lowest BCUT2D eigenvalue weighted by molar-refractivity contribution is 0.0423. The number of piperazine rings is 1. The highest BCUT2D eigenvalue weighted by molar-refractivity contribution is 5.87. The molecule has 1 saturated heterocycles. The maximum absolute atomic E-state index is 12.4. The van der Waals surface area contributed by atoms with Crippen LogP contribution in [0.15, 0.2) is 24.3 Å². The van der Waals surface area contributed by atoms with Crippen LogP contribution < -0.4 is 5.32 Å². The first-order chi connectivity index (χ1) is 11.4. The van der Waals surface area contributed by atoms with Crippen LogP contribution in [-0.4, -0.2) is 70.3 Å². The van der Waals surface area contributed by atoms with Gasteiger partial charge in [-0.05, 0) is 31.5 Å². The summed E-state index contributed by atoms with van der Waals surface area (Å²) in [6, 6.07) is 6.76. The fraction of sp³-hybridized carbons (Fsp3) is 0.529. The monoisotopic (exact) mass is 335 g/mol. The minimum Gasteiger partial charge on any atom is -0.478 e. The quantitative estimate of drug-likeness (QED) is 0.746. The average molecular weight is 335 g/mol. The predicted octanol–water partition coefficient (Wildman–Crippen LogP) is 0.981. The van der Waals surface area contributed by atoms with Gasteiger partial charge in [-0.2, -0.15) is 0 Å². The maximum Gasteiger partial charge on any atom is 0.335 e. The molecule has 1 heterocycles. The second kappa shape index (κ2) is 8.12. The number of aliphatic hydroxyl groups excluding tert-OH is 1. The number of benzene rings is 1. The van der Waals surface area contributed by atoms with E-state index in [0.717, 1.165) is 5.56 Å². The Morgan fingerprint density at radius 1 is 1.25 bits per heavy atom. The van der Waals surface area contributed by atoms with E-state index in [1.54, 1.807) is 23.1 Å². The van der Waals surface area contributed by atoms with Crippen molar-refractivity contribution in [2.24, 2.45) is 0 Å². The number of amides is 2. The third kappa shape index (κ3) is 4.46. The minimum atomic E-state index is -0.981. The molecule has 1 aliphatic rings. The summed E-state index contributed by atoms with van der Waals surface area (Å²) in [6.07, 6.45) is 0. The van der Waals surface area contributed by atoms with Gasteiger partial charge in [0.2, 0.25) is 0 Å². The lowest BCUT2D eigenvalue weighted by Crippen LogP contribution is -2.60. The van der Waals surface area contributed by atoms with Crippen molar-refractivity contribution in [3.63, 3.8) is 0 Å². The van der Waals surface area contributed by atoms with Crippen LogP contribution in [0.4, 0.5) is 4.79 Å². The van der Waals surface area contributed by atoms with Crippen molar-refractivity contribution >= 4 is 12.0 Å². The molecule has 24 heavy (non-hydrogen) atoms. The highest BCUT2D eigenvalue weighted by Gasteiger charge is 2.31. The summed E-state index contributed by atoms with van der Waals surface area (Å²) in [7, 11) is 0. The molecule has 0 saturated carbocycles. The zero-order chi connectivity index (χ0) is 17.7. The van der Waals surface area contributed by atoms with Gasteiger partial charge >= 0.3 is 12.0 Å². The van der Waals surface area contributed by atoms with Crippen molar-refractivity contribution in [2.75, 3.05) is 26.2 Å². The Labute approximate surface area is 141 Å². The number of carboxylic acids is 1. The lowest BCUT2D eigenvalue weighted by Gasteiger charge is -2.44.